The molecule has 0 atom stereocenters. The Morgan fingerprint density at radius 1 is 1.29 bits per heavy atom. The molecule has 0 saturated heterocycles. The first kappa shape index (κ1) is 19.8. The second-order valence-corrected chi connectivity index (χ2v) is 7.48. The molecule has 1 heterocycles. The minimum absolute atomic E-state index is 0.321. The molecule has 0 aliphatic carbocycles. The highest BCUT2D eigenvalue weighted by molar-refractivity contribution is 7.82. The summed E-state index contributed by atoms with van der Waals surface area (Å²) in [5, 5.41) is 2.84. The minimum Gasteiger partial charge on any atom is -0.366 e. The molecule has 3 aromatic rings. The van der Waals surface area contributed by atoms with Crippen molar-refractivity contribution < 1.29 is 9.59 Å². The summed E-state index contributed by atoms with van der Waals surface area (Å²) < 4.78 is 3.08. The van der Waals surface area contributed by atoms with Gasteiger partial charge in [-0.2, -0.15) is 0 Å². The second kappa shape index (κ2) is 7.93. The summed E-state index contributed by atoms with van der Waals surface area (Å²) in [6.45, 7) is 4.16. The van der Waals surface area contributed by atoms with E-state index in [2.05, 4.69) is 37.0 Å². The van der Waals surface area contributed by atoms with E-state index < -0.39 is 11.9 Å². The van der Waals surface area contributed by atoms with Gasteiger partial charge in [0.15, 0.2) is 0 Å². The van der Waals surface area contributed by atoms with Crippen LogP contribution >= 0.6 is 12.8 Å². The summed E-state index contributed by atoms with van der Waals surface area (Å²) in [4.78, 5) is 28.8. The molecule has 0 saturated carbocycles. The molecule has 0 aliphatic rings. The zero-order valence-corrected chi connectivity index (χ0v) is 16.9. The molecule has 0 spiro atoms. The Balaban J connectivity index is 1.93. The number of imidazole rings is 1. The highest BCUT2D eigenvalue weighted by Gasteiger charge is 2.19. The molecule has 0 bridgehead atoms. The summed E-state index contributed by atoms with van der Waals surface area (Å²) in [5.41, 5.74) is 9.33. The number of aromatic nitrogens is 2. The van der Waals surface area contributed by atoms with Gasteiger partial charge < -0.3 is 15.6 Å². The largest absolute Gasteiger partial charge is 0.366 e. The van der Waals surface area contributed by atoms with E-state index >= 15 is 0 Å². The van der Waals surface area contributed by atoms with Crippen molar-refractivity contribution in [3.05, 3.63) is 53.9 Å². The molecule has 0 aliphatic heterocycles. The molecular formula is C20H23N5O2S. The minimum atomic E-state index is -0.558. The van der Waals surface area contributed by atoms with Crippen molar-refractivity contribution in [1.29, 1.82) is 0 Å². The number of nitrogens with zero attached hydrogens (tertiary/aromatic N) is 3. The van der Waals surface area contributed by atoms with Crippen molar-refractivity contribution in [3.8, 4) is 0 Å². The van der Waals surface area contributed by atoms with Gasteiger partial charge in [0.1, 0.15) is 5.52 Å². The van der Waals surface area contributed by atoms with E-state index in [0.717, 1.165) is 17.5 Å². The molecule has 28 heavy (non-hydrogen) atoms. The highest BCUT2D eigenvalue weighted by Crippen LogP contribution is 2.28. The van der Waals surface area contributed by atoms with E-state index in [-0.39, 0.29) is 0 Å². The fourth-order valence-corrected chi connectivity index (χ4v) is 3.30. The fraction of sp³-hybridized carbons (Fsp3) is 0.250. The van der Waals surface area contributed by atoms with Crippen LogP contribution in [0.2, 0.25) is 0 Å². The monoisotopic (exact) mass is 397 g/mol. The summed E-state index contributed by atoms with van der Waals surface area (Å²) >= 11 is 4.40. The van der Waals surface area contributed by atoms with Crippen LogP contribution in [0.4, 0.5) is 16.2 Å². The van der Waals surface area contributed by atoms with Gasteiger partial charge >= 0.3 is 6.03 Å². The SMILES string of the molecule is CC(C)Cc1ccc(C(N)=O)cc1N(S)C(=O)Nc1cccc2c1ncn2C. The van der Waals surface area contributed by atoms with Crippen LogP contribution in [0.25, 0.3) is 11.0 Å². The average molecular weight is 398 g/mol. The molecule has 0 unspecified atom stereocenters. The molecular weight excluding hydrogens is 374 g/mol. The van der Waals surface area contributed by atoms with Gasteiger partial charge in [-0.3, -0.25) is 4.79 Å². The normalized spacial score (nSPS) is 11.0. The molecule has 3 amide bonds. The standard InChI is InChI=1S/C20H23N5O2S/c1-12(2)9-13-7-8-14(19(21)26)10-17(13)25(28)20(27)23-15-5-4-6-16-18(15)22-11-24(16)3/h4-8,10-12,28H,9H2,1-3H3,(H2,21,26)(H,23,27). The number of rotatable bonds is 5. The number of anilines is 2. The number of primary amides is 1. The number of para-hydroxylation sites is 1. The van der Waals surface area contributed by atoms with E-state index in [1.54, 1.807) is 24.5 Å². The number of aryl methyl sites for hydroxylation is 1. The van der Waals surface area contributed by atoms with E-state index in [1.807, 2.05) is 29.8 Å². The van der Waals surface area contributed by atoms with Gasteiger partial charge in [-0.15, -0.1) is 0 Å². The maximum absolute atomic E-state index is 12.9. The van der Waals surface area contributed by atoms with Crippen molar-refractivity contribution in [2.75, 3.05) is 9.62 Å². The first-order chi connectivity index (χ1) is 13.3. The fourth-order valence-electron chi connectivity index (χ4n) is 3.06. The van der Waals surface area contributed by atoms with Crippen molar-refractivity contribution in [2.45, 2.75) is 20.3 Å². The predicted molar refractivity (Wildman–Crippen MR) is 115 cm³/mol. The first-order valence-electron chi connectivity index (χ1n) is 8.90. The van der Waals surface area contributed by atoms with Crippen LogP contribution < -0.4 is 15.4 Å². The Hall–Kier alpha value is -3.00. The lowest BCUT2D eigenvalue weighted by molar-refractivity contribution is 0.1000. The predicted octanol–water partition coefficient (Wildman–Crippen LogP) is 3.75. The Morgan fingerprint density at radius 2 is 2.04 bits per heavy atom. The Morgan fingerprint density at radius 3 is 2.71 bits per heavy atom. The molecule has 1 aromatic heterocycles. The van der Waals surface area contributed by atoms with Crippen molar-refractivity contribution >= 4 is 47.2 Å². The molecule has 0 fully saturated rings. The number of amides is 3. The number of benzene rings is 2. The van der Waals surface area contributed by atoms with E-state index in [1.165, 1.54) is 4.31 Å². The number of nitrogens with two attached hydrogens (primary N) is 1. The van der Waals surface area contributed by atoms with Gasteiger partial charge in [0.2, 0.25) is 5.91 Å². The van der Waals surface area contributed by atoms with Crippen molar-refractivity contribution in [2.24, 2.45) is 18.7 Å². The number of hydrogen-bond acceptors (Lipinski definition) is 4. The maximum Gasteiger partial charge on any atom is 0.336 e. The maximum atomic E-state index is 12.9. The Kier molecular flexibility index (Phi) is 5.60. The summed E-state index contributed by atoms with van der Waals surface area (Å²) in [5.74, 6) is -0.192. The van der Waals surface area contributed by atoms with Crippen LogP contribution in [-0.2, 0) is 13.5 Å². The lowest BCUT2D eigenvalue weighted by Gasteiger charge is -2.21. The number of urea groups is 1. The van der Waals surface area contributed by atoms with E-state index in [0.29, 0.717) is 28.4 Å². The van der Waals surface area contributed by atoms with Crippen LogP contribution in [0.15, 0.2) is 42.7 Å². The highest BCUT2D eigenvalue weighted by atomic mass is 32.1. The van der Waals surface area contributed by atoms with E-state index in [4.69, 9.17) is 5.73 Å². The van der Waals surface area contributed by atoms with Gasteiger partial charge in [-0.05, 0) is 42.2 Å². The van der Waals surface area contributed by atoms with Crippen LogP contribution in [0.3, 0.4) is 0 Å². The molecule has 0 radical (unpaired) electrons. The third-order valence-electron chi connectivity index (χ3n) is 4.41. The van der Waals surface area contributed by atoms with Gasteiger partial charge in [-0.25, -0.2) is 14.1 Å². The van der Waals surface area contributed by atoms with Crippen LogP contribution in [0.5, 0.6) is 0 Å². The number of carbonyl (C=O) groups excluding carboxylic acids is 2. The quantitative estimate of drug-likeness (QED) is 0.572. The number of hydrogen-bond donors (Lipinski definition) is 3. The molecule has 2 aromatic carbocycles. The summed E-state index contributed by atoms with van der Waals surface area (Å²) in [6, 6.07) is 10.2. The summed E-state index contributed by atoms with van der Waals surface area (Å²) in [7, 11) is 1.89. The van der Waals surface area contributed by atoms with Crippen LogP contribution in [-0.4, -0.2) is 21.5 Å². The van der Waals surface area contributed by atoms with E-state index in [9.17, 15) is 9.59 Å². The van der Waals surface area contributed by atoms with Crippen molar-refractivity contribution in [3.63, 3.8) is 0 Å². The average Bonchev–Trinajstić information content (AvgIpc) is 3.03. The van der Waals surface area contributed by atoms with Gasteiger partial charge in [0, 0.05) is 12.6 Å². The topological polar surface area (TPSA) is 93.2 Å². The Bertz CT molecular complexity index is 1040. The lowest BCUT2D eigenvalue weighted by Crippen LogP contribution is -2.28. The van der Waals surface area contributed by atoms with Crippen LogP contribution in [0, 0.1) is 5.92 Å². The van der Waals surface area contributed by atoms with Crippen molar-refractivity contribution in [1.82, 2.24) is 9.55 Å². The lowest BCUT2D eigenvalue weighted by atomic mass is 9.99. The first-order valence-corrected chi connectivity index (χ1v) is 9.30. The third-order valence-corrected chi connectivity index (χ3v) is 4.81. The smallest absolute Gasteiger partial charge is 0.336 e. The Labute approximate surface area is 169 Å². The number of fused-ring (bicyclic) bond motifs is 1. The zero-order valence-electron chi connectivity index (χ0n) is 16.0. The number of thiol groups is 1. The van der Waals surface area contributed by atoms with Gasteiger partial charge in [-0.1, -0.05) is 38.8 Å². The zero-order chi connectivity index (χ0) is 20.4. The van der Waals surface area contributed by atoms with Gasteiger partial charge in [0.25, 0.3) is 0 Å². The summed E-state index contributed by atoms with van der Waals surface area (Å²) in [6.07, 6.45) is 2.42. The molecule has 7 nitrogen and oxygen atoms in total. The molecule has 3 N–H and O–H groups in total. The van der Waals surface area contributed by atoms with Gasteiger partial charge in [0.05, 0.1) is 23.2 Å². The number of nitrogens with one attached hydrogen (secondary N) is 1. The molecule has 3 rings (SSSR count). The van der Waals surface area contributed by atoms with Crippen LogP contribution in [0.1, 0.15) is 29.8 Å². The second-order valence-electron chi connectivity index (χ2n) is 7.08. The molecule has 8 heteroatoms. The molecule has 146 valence electrons. The third kappa shape index (κ3) is 3.96. The number of carbonyl (C=O) groups is 2.